The summed E-state index contributed by atoms with van der Waals surface area (Å²) in [5.74, 6) is -0.869. The minimum absolute atomic E-state index is 0.0383. The van der Waals surface area contributed by atoms with Gasteiger partial charge in [0.15, 0.2) is 0 Å². The van der Waals surface area contributed by atoms with Gasteiger partial charge in [0.2, 0.25) is 15.9 Å². The maximum absolute atomic E-state index is 13.3. The van der Waals surface area contributed by atoms with Crippen LogP contribution in [0.4, 0.5) is 0 Å². The number of carbonyl (C=O) groups excluding carboxylic acids is 1. The molecular formula is C26H35N3O7S. The van der Waals surface area contributed by atoms with Crippen molar-refractivity contribution in [2.45, 2.75) is 55.2 Å². The molecule has 1 fully saturated rings. The van der Waals surface area contributed by atoms with Crippen LogP contribution in [-0.2, 0) is 26.0 Å². The fourth-order valence-electron chi connectivity index (χ4n) is 4.24. The summed E-state index contributed by atoms with van der Waals surface area (Å²) in [5.41, 5.74) is 1.02. The molecule has 202 valence electrons. The quantitative estimate of drug-likeness (QED) is 0.302. The van der Waals surface area contributed by atoms with E-state index in [1.165, 1.54) is 31.4 Å². The Kier molecular flexibility index (Phi) is 10.4. The Bertz CT molecular complexity index is 1120. The second-order valence-electron chi connectivity index (χ2n) is 9.05. The fraction of sp³-hybridized carbons (Fsp3) is 0.462. The number of carboxylic acids is 1. The SMILES string of the molecule is COc1ccc(S(=O)(=O)NCC[C@H](N[C@@H](CCc2ccccc2)C(=O)N2CCC(O)CC2)C(=O)O)cc1. The van der Waals surface area contributed by atoms with E-state index in [1.54, 1.807) is 4.90 Å². The molecule has 0 spiro atoms. The van der Waals surface area contributed by atoms with E-state index >= 15 is 0 Å². The summed E-state index contributed by atoms with van der Waals surface area (Å²) in [4.78, 5) is 27.0. The molecule has 0 aliphatic carbocycles. The van der Waals surface area contributed by atoms with Gasteiger partial charge in [-0.05, 0) is 61.9 Å². The first-order valence-corrected chi connectivity index (χ1v) is 13.8. The van der Waals surface area contributed by atoms with Gasteiger partial charge in [-0.2, -0.15) is 0 Å². The van der Waals surface area contributed by atoms with Crippen LogP contribution in [0.2, 0.25) is 0 Å². The van der Waals surface area contributed by atoms with Gasteiger partial charge < -0.3 is 19.8 Å². The molecular weight excluding hydrogens is 498 g/mol. The number of aryl methyl sites for hydroxylation is 1. The zero-order valence-corrected chi connectivity index (χ0v) is 21.7. The van der Waals surface area contributed by atoms with Crippen LogP contribution in [0.1, 0.15) is 31.2 Å². The van der Waals surface area contributed by atoms with Crippen molar-refractivity contribution in [3.8, 4) is 5.75 Å². The number of nitrogens with one attached hydrogen (secondary N) is 2. The Balaban J connectivity index is 1.65. The average molecular weight is 534 g/mol. The number of amides is 1. The first-order valence-electron chi connectivity index (χ1n) is 12.3. The van der Waals surface area contributed by atoms with Crippen molar-refractivity contribution in [3.63, 3.8) is 0 Å². The Morgan fingerprint density at radius 2 is 1.68 bits per heavy atom. The lowest BCUT2D eigenvalue weighted by atomic mass is 10.0. The van der Waals surface area contributed by atoms with Gasteiger partial charge >= 0.3 is 5.97 Å². The Morgan fingerprint density at radius 3 is 2.27 bits per heavy atom. The summed E-state index contributed by atoms with van der Waals surface area (Å²) < 4.78 is 32.7. The molecule has 11 heteroatoms. The Labute approximate surface area is 217 Å². The number of rotatable bonds is 13. The monoisotopic (exact) mass is 533 g/mol. The van der Waals surface area contributed by atoms with Crippen molar-refractivity contribution >= 4 is 21.9 Å². The molecule has 2 aromatic carbocycles. The van der Waals surface area contributed by atoms with Crippen LogP contribution in [0.25, 0.3) is 0 Å². The molecule has 2 aromatic rings. The summed E-state index contributed by atoms with van der Waals surface area (Å²) in [5, 5.41) is 22.6. The molecule has 0 unspecified atom stereocenters. The number of carboxylic acid groups (broad SMARTS) is 1. The van der Waals surface area contributed by atoms with Gasteiger partial charge in [0, 0.05) is 19.6 Å². The number of carbonyl (C=O) groups is 2. The predicted octanol–water partition coefficient (Wildman–Crippen LogP) is 1.39. The van der Waals surface area contributed by atoms with Crippen LogP contribution in [0.3, 0.4) is 0 Å². The molecule has 0 aromatic heterocycles. The second kappa shape index (κ2) is 13.5. The van der Waals surface area contributed by atoms with Crippen LogP contribution in [-0.4, -0.2) is 80.3 Å². The number of aliphatic hydroxyl groups excluding tert-OH is 1. The number of aliphatic carboxylic acids is 1. The minimum atomic E-state index is -3.85. The van der Waals surface area contributed by atoms with Crippen LogP contribution in [0.15, 0.2) is 59.5 Å². The van der Waals surface area contributed by atoms with Crippen molar-refractivity contribution in [3.05, 3.63) is 60.2 Å². The van der Waals surface area contributed by atoms with E-state index in [0.29, 0.717) is 44.5 Å². The normalized spacial score (nSPS) is 16.2. The fourth-order valence-corrected chi connectivity index (χ4v) is 5.28. The highest BCUT2D eigenvalue weighted by Crippen LogP contribution is 2.16. The van der Waals surface area contributed by atoms with E-state index in [-0.39, 0.29) is 23.8 Å². The topological polar surface area (TPSA) is 145 Å². The van der Waals surface area contributed by atoms with E-state index in [2.05, 4.69) is 10.0 Å². The molecule has 1 aliphatic heterocycles. The number of likely N-dealkylation sites (tertiary alicyclic amines) is 1. The highest BCUT2D eigenvalue weighted by molar-refractivity contribution is 7.89. The van der Waals surface area contributed by atoms with E-state index in [0.717, 1.165) is 5.56 Å². The van der Waals surface area contributed by atoms with Crippen molar-refractivity contribution in [1.82, 2.24) is 14.9 Å². The standard InChI is InChI=1S/C26H35N3O7S/c1-36-21-8-10-22(11-9-21)37(34,35)27-16-13-24(26(32)33)28-23(12-7-19-5-3-2-4-6-19)25(31)29-17-14-20(30)15-18-29/h2-6,8-11,20,23-24,27-28,30H,7,12-18H2,1H3,(H,32,33)/t23-,24-/m0/s1. The van der Waals surface area contributed by atoms with Gasteiger partial charge in [0.25, 0.3) is 0 Å². The molecule has 0 bridgehead atoms. The van der Waals surface area contributed by atoms with E-state index in [4.69, 9.17) is 4.74 Å². The van der Waals surface area contributed by atoms with Crippen molar-refractivity contribution in [1.29, 1.82) is 0 Å². The maximum atomic E-state index is 13.3. The summed E-state index contributed by atoms with van der Waals surface area (Å²) in [6, 6.07) is 13.6. The van der Waals surface area contributed by atoms with E-state index in [9.17, 15) is 28.2 Å². The highest BCUT2D eigenvalue weighted by Gasteiger charge is 2.31. The molecule has 1 saturated heterocycles. The zero-order chi connectivity index (χ0) is 26.8. The first kappa shape index (κ1) is 28.6. The van der Waals surface area contributed by atoms with Crippen molar-refractivity contribution in [2.75, 3.05) is 26.7 Å². The number of benzene rings is 2. The smallest absolute Gasteiger partial charge is 0.320 e. The molecule has 0 saturated carbocycles. The van der Waals surface area contributed by atoms with Crippen LogP contribution >= 0.6 is 0 Å². The number of sulfonamides is 1. The zero-order valence-electron chi connectivity index (χ0n) is 20.9. The first-order chi connectivity index (χ1) is 17.7. The molecule has 1 amide bonds. The maximum Gasteiger partial charge on any atom is 0.320 e. The average Bonchev–Trinajstić information content (AvgIpc) is 2.90. The van der Waals surface area contributed by atoms with Gasteiger partial charge in [0.05, 0.1) is 24.2 Å². The third kappa shape index (κ3) is 8.53. The molecule has 3 rings (SSSR count). The minimum Gasteiger partial charge on any atom is -0.497 e. The number of hydrogen-bond donors (Lipinski definition) is 4. The summed E-state index contributed by atoms with van der Waals surface area (Å²) in [6.45, 7) is 0.680. The molecule has 4 N–H and O–H groups in total. The number of aliphatic hydroxyl groups is 1. The lowest BCUT2D eigenvalue weighted by molar-refractivity contribution is -0.141. The largest absolute Gasteiger partial charge is 0.497 e. The van der Waals surface area contributed by atoms with Crippen LogP contribution in [0, 0.1) is 0 Å². The molecule has 1 aliphatic rings. The third-order valence-corrected chi connectivity index (χ3v) is 7.91. The third-order valence-electron chi connectivity index (χ3n) is 6.43. The molecule has 37 heavy (non-hydrogen) atoms. The Morgan fingerprint density at radius 1 is 1.03 bits per heavy atom. The van der Waals surface area contributed by atoms with Gasteiger partial charge in [-0.3, -0.25) is 14.9 Å². The lowest BCUT2D eigenvalue weighted by Gasteiger charge is -2.33. The number of nitrogens with zero attached hydrogens (tertiary/aromatic N) is 1. The summed E-state index contributed by atoms with van der Waals surface area (Å²) >= 11 is 0. The van der Waals surface area contributed by atoms with E-state index < -0.39 is 34.2 Å². The highest BCUT2D eigenvalue weighted by atomic mass is 32.2. The Hall–Kier alpha value is -2.99. The second-order valence-corrected chi connectivity index (χ2v) is 10.8. The summed E-state index contributed by atoms with van der Waals surface area (Å²) in [7, 11) is -2.37. The van der Waals surface area contributed by atoms with Crippen LogP contribution in [0.5, 0.6) is 5.75 Å². The molecule has 10 nitrogen and oxygen atoms in total. The number of hydrogen-bond acceptors (Lipinski definition) is 7. The van der Waals surface area contributed by atoms with Gasteiger partial charge in [-0.15, -0.1) is 0 Å². The molecule has 2 atom stereocenters. The van der Waals surface area contributed by atoms with Crippen molar-refractivity contribution < 1.29 is 33.0 Å². The number of piperidine rings is 1. The summed E-state index contributed by atoms with van der Waals surface area (Å²) in [6.07, 6.45) is 1.41. The van der Waals surface area contributed by atoms with Gasteiger partial charge in [0.1, 0.15) is 11.8 Å². The number of ether oxygens (including phenoxy) is 1. The predicted molar refractivity (Wildman–Crippen MR) is 138 cm³/mol. The van der Waals surface area contributed by atoms with Crippen LogP contribution < -0.4 is 14.8 Å². The number of methoxy groups -OCH3 is 1. The van der Waals surface area contributed by atoms with E-state index in [1.807, 2.05) is 30.3 Å². The van der Waals surface area contributed by atoms with Gasteiger partial charge in [-0.25, -0.2) is 13.1 Å². The molecule has 0 radical (unpaired) electrons. The molecule has 1 heterocycles. The van der Waals surface area contributed by atoms with Crippen molar-refractivity contribution in [2.24, 2.45) is 0 Å². The lowest BCUT2D eigenvalue weighted by Crippen LogP contribution is -2.54. The van der Waals surface area contributed by atoms with Gasteiger partial charge in [-0.1, -0.05) is 30.3 Å².